The average Bonchev–Trinajstić information content (AvgIpc) is 2.43. The van der Waals surface area contributed by atoms with E-state index in [2.05, 4.69) is 5.32 Å². The maximum atomic E-state index is 14.0. The molecule has 0 amide bonds. The molecular weight excluding hydrogens is 253 g/mol. The number of halogens is 1. The van der Waals surface area contributed by atoms with Gasteiger partial charge < -0.3 is 10.1 Å². The zero-order chi connectivity index (χ0) is 14.5. The van der Waals surface area contributed by atoms with Crippen LogP contribution in [0.5, 0.6) is 11.5 Å². The van der Waals surface area contributed by atoms with Crippen molar-refractivity contribution in [3.8, 4) is 11.5 Å². The van der Waals surface area contributed by atoms with Gasteiger partial charge in [-0.3, -0.25) is 0 Å². The van der Waals surface area contributed by atoms with Crippen LogP contribution >= 0.6 is 0 Å². The predicted molar refractivity (Wildman–Crippen MR) is 79.8 cm³/mol. The van der Waals surface area contributed by atoms with Crippen molar-refractivity contribution < 1.29 is 9.13 Å². The minimum absolute atomic E-state index is 0.303. The summed E-state index contributed by atoms with van der Waals surface area (Å²) in [6.45, 7) is 7.50. The van der Waals surface area contributed by atoms with Gasteiger partial charge >= 0.3 is 0 Å². The van der Waals surface area contributed by atoms with Crippen LogP contribution in [0.3, 0.4) is 0 Å². The minimum Gasteiger partial charge on any atom is -0.454 e. The molecule has 2 aromatic carbocycles. The molecule has 0 spiro atoms. The summed E-state index contributed by atoms with van der Waals surface area (Å²) in [6.07, 6.45) is 0. The first kappa shape index (κ1) is 14.5. The van der Waals surface area contributed by atoms with Crippen LogP contribution in [0.2, 0.25) is 0 Å². The normalized spacial score (nSPS) is 10.6. The van der Waals surface area contributed by atoms with Crippen molar-refractivity contribution in [2.45, 2.75) is 27.3 Å². The molecule has 0 fully saturated rings. The highest BCUT2D eigenvalue weighted by molar-refractivity contribution is 5.41. The molecule has 0 unspecified atom stereocenters. The highest BCUT2D eigenvalue weighted by atomic mass is 19.1. The molecule has 0 saturated heterocycles. The van der Waals surface area contributed by atoms with Crippen LogP contribution in [0.1, 0.15) is 23.6 Å². The first-order valence-corrected chi connectivity index (χ1v) is 6.85. The highest BCUT2D eigenvalue weighted by Gasteiger charge is 2.11. The summed E-state index contributed by atoms with van der Waals surface area (Å²) in [4.78, 5) is 0. The van der Waals surface area contributed by atoms with Crippen molar-refractivity contribution in [2.24, 2.45) is 0 Å². The number of rotatable bonds is 5. The van der Waals surface area contributed by atoms with Crippen molar-refractivity contribution in [3.05, 3.63) is 58.9 Å². The van der Waals surface area contributed by atoms with Gasteiger partial charge in [-0.15, -0.1) is 0 Å². The third-order valence-electron chi connectivity index (χ3n) is 3.31. The van der Waals surface area contributed by atoms with Gasteiger partial charge in [0, 0.05) is 12.1 Å². The molecule has 0 bridgehead atoms. The summed E-state index contributed by atoms with van der Waals surface area (Å²) in [5.41, 5.74) is 3.15. The fourth-order valence-corrected chi connectivity index (χ4v) is 1.96. The first-order valence-electron chi connectivity index (χ1n) is 6.85. The van der Waals surface area contributed by atoms with Gasteiger partial charge in [-0.05, 0) is 49.7 Å². The number of hydrogen-bond acceptors (Lipinski definition) is 2. The largest absolute Gasteiger partial charge is 0.454 e. The number of ether oxygens (including phenoxy) is 1. The number of para-hydroxylation sites is 1. The van der Waals surface area contributed by atoms with Gasteiger partial charge in [-0.25, -0.2) is 4.39 Å². The Morgan fingerprint density at radius 2 is 1.90 bits per heavy atom. The monoisotopic (exact) mass is 273 g/mol. The summed E-state index contributed by atoms with van der Waals surface area (Å²) < 4.78 is 19.7. The van der Waals surface area contributed by atoms with E-state index in [1.807, 2.05) is 45.0 Å². The Balaban J connectivity index is 2.29. The molecular formula is C17H20FNO. The van der Waals surface area contributed by atoms with E-state index in [0.717, 1.165) is 17.7 Å². The lowest BCUT2D eigenvalue weighted by Gasteiger charge is -2.13. The maximum Gasteiger partial charge on any atom is 0.167 e. The third-order valence-corrected chi connectivity index (χ3v) is 3.31. The Morgan fingerprint density at radius 1 is 1.10 bits per heavy atom. The SMILES string of the molecule is CCNCc1cccc(F)c1Oc1ccc(C)c(C)c1. The smallest absolute Gasteiger partial charge is 0.167 e. The minimum atomic E-state index is -0.335. The molecule has 0 aromatic heterocycles. The summed E-state index contributed by atoms with van der Waals surface area (Å²) in [6, 6.07) is 10.8. The van der Waals surface area contributed by atoms with Gasteiger partial charge in [0.05, 0.1) is 0 Å². The molecule has 0 heterocycles. The maximum absolute atomic E-state index is 14.0. The molecule has 2 nitrogen and oxygen atoms in total. The van der Waals surface area contributed by atoms with Crippen molar-refractivity contribution in [3.63, 3.8) is 0 Å². The topological polar surface area (TPSA) is 21.3 Å². The van der Waals surface area contributed by atoms with Crippen LogP contribution in [0.4, 0.5) is 4.39 Å². The van der Waals surface area contributed by atoms with Gasteiger partial charge in [0.1, 0.15) is 5.75 Å². The van der Waals surface area contributed by atoms with Crippen LogP contribution in [-0.4, -0.2) is 6.54 Å². The van der Waals surface area contributed by atoms with Crippen LogP contribution in [0.15, 0.2) is 36.4 Å². The van der Waals surface area contributed by atoms with Crippen LogP contribution in [0, 0.1) is 19.7 Å². The molecule has 0 radical (unpaired) electrons. The van der Waals surface area contributed by atoms with Gasteiger partial charge in [0.15, 0.2) is 11.6 Å². The zero-order valence-corrected chi connectivity index (χ0v) is 12.2. The molecule has 0 aliphatic rings. The summed E-state index contributed by atoms with van der Waals surface area (Å²) in [7, 11) is 0. The third kappa shape index (κ3) is 3.36. The van der Waals surface area contributed by atoms with E-state index in [1.165, 1.54) is 11.6 Å². The average molecular weight is 273 g/mol. The predicted octanol–water partition coefficient (Wildman–Crippen LogP) is 4.34. The van der Waals surface area contributed by atoms with Gasteiger partial charge in [-0.1, -0.05) is 25.1 Å². The molecule has 20 heavy (non-hydrogen) atoms. The van der Waals surface area contributed by atoms with E-state index in [-0.39, 0.29) is 5.82 Å². The number of nitrogens with one attached hydrogen (secondary N) is 1. The van der Waals surface area contributed by atoms with Crippen molar-refractivity contribution in [1.29, 1.82) is 0 Å². The van der Waals surface area contributed by atoms with E-state index in [0.29, 0.717) is 18.0 Å². The number of aryl methyl sites for hydroxylation is 2. The summed E-state index contributed by atoms with van der Waals surface area (Å²) in [5, 5.41) is 3.19. The first-order chi connectivity index (χ1) is 9.61. The van der Waals surface area contributed by atoms with Crippen molar-refractivity contribution in [2.75, 3.05) is 6.54 Å². The van der Waals surface area contributed by atoms with Crippen LogP contribution in [0.25, 0.3) is 0 Å². The second-order valence-electron chi connectivity index (χ2n) is 4.86. The molecule has 2 rings (SSSR count). The summed E-state index contributed by atoms with van der Waals surface area (Å²) >= 11 is 0. The fourth-order valence-electron chi connectivity index (χ4n) is 1.96. The van der Waals surface area contributed by atoms with Crippen LogP contribution in [-0.2, 0) is 6.54 Å². The molecule has 0 aliphatic carbocycles. The number of benzene rings is 2. The Hall–Kier alpha value is -1.87. The Labute approximate surface area is 119 Å². The van der Waals surface area contributed by atoms with E-state index in [9.17, 15) is 4.39 Å². The molecule has 0 atom stereocenters. The van der Waals surface area contributed by atoms with E-state index < -0.39 is 0 Å². The second-order valence-corrected chi connectivity index (χ2v) is 4.86. The fraction of sp³-hybridized carbons (Fsp3) is 0.294. The van der Waals surface area contributed by atoms with E-state index in [1.54, 1.807) is 6.07 Å². The van der Waals surface area contributed by atoms with Crippen molar-refractivity contribution in [1.82, 2.24) is 5.32 Å². The lowest BCUT2D eigenvalue weighted by Crippen LogP contribution is -2.12. The Kier molecular flexibility index (Phi) is 4.74. The molecule has 106 valence electrons. The second kappa shape index (κ2) is 6.53. The zero-order valence-electron chi connectivity index (χ0n) is 12.2. The molecule has 3 heteroatoms. The molecule has 0 aliphatic heterocycles. The van der Waals surface area contributed by atoms with E-state index in [4.69, 9.17) is 4.74 Å². The Morgan fingerprint density at radius 3 is 2.60 bits per heavy atom. The van der Waals surface area contributed by atoms with Gasteiger partial charge in [0.25, 0.3) is 0 Å². The van der Waals surface area contributed by atoms with Crippen LogP contribution < -0.4 is 10.1 Å². The summed E-state index contributed by atoms with van der Waals surface area (Å²) in [5.74, 6) is 0.631. The van der Waals surface area contributed by atoms with Crippen molar-refractivity contribution >= 4 is 0 Å². The molecule has 1 N–H and O–H groups in total. The Bertz CT molecular complexity index is 596. The quantitative estimate of drug-likeness (QED) is 0.874. The lowest BCUT2D eigenvalue weighted by molar-refractivity contribution is 0.433. The van der Waals surface area contributed by atoms with E-state index >= 15 is 0 Å². The number of hydrogen-bond donors (Lipinski definition) is 1. The molecule has 2 aromatic rings. The highest BCUT2D eigenvalue weighted by Crippen LogP contribution is 2.29. The standard InChI is InChI=1S/C17H20FNO/c1-4-19-11-14-6-5-7-16(18)17(14)20-15-9-8-12(2)13(3)10-15/h5-10,19H,4,11H2,1-3H3. The van der Waals surface area contributed by atoms with Gasteiger partial charge in [-0.2, -0.15) is 0 Å². The molecule has 0 saturated carbocycles. The lowest BCUT2D eigenvalue weighted by atomic mass is 10.1. The van der Waals surface area contributed by atoms with Gasteiger partial charge in [0.2, 0.25) is 0 Å².